The second kappa shape index (κ2) is 5.55. The second-order valence-electron chi connectivity index (χ2n) is 4.77. The van der Waals surface area contributed by atoms with Crippen molar-refractivity contribution in [3.63, 3.8) is 0 Å². The molecule has 0 bridgehead atoms. The van der Waals surface area contributed by atoms with Crippen molar-refractivity contribution < 1.29 is 22.8 Å². The summed E-state index contributed by atoms with van der Waals surface area (Å²) in [7, 11) is 0. The molecule has 0 spiro atoms. The van der Waals surface area contributed by atoms with Crippen molar-refractivity contribution in [3.05, 3.63) is 40.3 Å². The molecule has 0 atom stereocenters. The van der Waals surface area contributed by atoms with Crippen LogP contribution in [0.15, 0.2) is 29.2 Å². The molecule has 0 aliphatic carbocycles. The van der Waals surface area contributed by atoms with E-state index in [2.05, 4.69) is 0 Å². The molecule has 112 valence electrons. The Morgan fingerprint density at radius 3 is 2.43 bits per heavy atom. The largest absolute Gasteiger partial charge is 0.416 e. The summed E-state index contributed by atoms with van der Waals surface area (Å²) in [5.41, 5.74) is -0.557. The Morgan fingerprint density at radius 1 is 1.24 bits per heavy atom. The number of amides is 2. The van der Waals surface area contributed by atoms with Gasteiger partial charge in [0.15, 0.2) is 0 Å². The molecule has 0 unspecified atom stereocenters. The third-order valence-corrected chi connectivity index (χ3v) is 3.74. The van der Waals surface area contributed by atoms with Crippen LogP contribution in [0.1, 0.15) is 25.0 Å². The Hall–Kier alpha value is -1.76. The minimum Gasteiger partial charge on any atom is -0.268 e. The van der Waals surface area contributed by atoms with E-state index in [4.69, 9.17) is 0 Å². The van der Waals surface area contributed by atoms with Gasteiger partial charge in [-0.3, -0.25) is 14.5 Å². The molecule has 1 aromatic rings. The Morgan fingerprint density at radius 2 is 1.90 bits per heavy atom. The van der Waals surface area contributed by atoms with Crippen molar-refractivity contribution in [2.45, 2.75) is 26.1 Å². The predicted molar refractivity (Wildman–Crippen MR) is 74.4 cm³/mol. The van der Waals surface area contributed by atoms with Crippen molar-refractivity contribution in [3.8, 4) is 0 Å². The van der Waals surface area contributed by atoms with E-state index in [1.54, 1.807) is 13.8 Å². The molecule has 0 saturated carbocycles. The molecule has 21 heavy (non-hydrogen) atoms. The number of nitrogens with zero attached hydrogens (tertiary/aromatic N) is 1. The highest BCUT2D eigenvalue weighted by Crippen LogP contribution is 2.34. The van der Waals surface area contributed by atoms with Crippen LogP contribution in [0.5, 0.6) is 0 Å². The SMILES string of the molecule is CC(C)N1C(=O)S/C(=C/c2cccc(C(F)(F)F)c2)C1=O. The average molecular weight is 315 g/mol. The minimum atomic E-state index is -4.44. The first-order valence-corrected chi connectivity index (χ1v) is 6.96. The molecule has 2 rings (SSSR count). The maximum atomic E-state index is 12.6. The van der Waals surface area contributed by atoms with Gasteiger partial charge in [0.1, 0.15) is 0 Å². The second-order valence-corrected chi connectivity index (χ2v) is 5.76. The van der Waals surface area contributed by atoms with Crippen molar-refractivity contribution in [2.24, 2.45) is 0 Å². The van der Waals surface area contributed by atoms with Crippen LogP contribution in [-0.4, -0.2) is 22.1 Å². The molecule has 3 nitrogen and oxygen atoms in total. The Kier molecular flexibility index (Phi) is 4.13. The summed E-state index contributed by atoms with van der Waals surface area (Å²) >= 11 is 0.736. The topological polar surface area (TPSA) is 37.4 Å². The van der Waals surface area contributed by atoms with Gasteiger partial charge in [0.2, 0.25) is 0 Å². The van der Waals surface area contributed by atoms with Gasteiger partial charge in [-0.05, 0) is 49.4 Å². The van der Waals surface area contributed by atoms with Crippen LogP contribution in [0, 0.1) is 0 Å². The highest BCUT2D eigenvalue weighted by atomic mass is 32.2. The maximum Gasteiger partial charge on any atom is 0.416 e. The average Bonchev–Trinajstić information content (AvgIpc) is 2.63. The highest BCUT2D eigenvalue weighted by molar-refractivity contribution is 8.18. The summed E-state index contributed by atoms with van der Waals surface area (Å²) in [4.78, 5) is 25.0. The van der Waals surface area contributed by atoms with Crippen LogP contribution < -0.4 is 0 Å². The molecule has 2 amide bonds. The molecular weight excluding hydrogens is 303 g/mol. The quantitative estimate of drug-likeness (QED) is 0.769. The zero-order valence-corrected chi connectivity index (χ0v) is 12.1. The summed E-state index contributed by atoms with van der Waals surface area (Å²) in [6.07, 6.45) is -3.14. The van der Waals surface area contributed by atoms with E-state index in [0.717, 1.165) is 28.8 Å². The van der Waals surface area contributed by atoms with E-state index in [0.29, 0.717) is 0 Å². The zero-order valence-electron chi connectivity index (χ0n) is 11.3. The van der Waals surface area contributed by atoms with Crippen LogP contribution in [0.25, 0.3) is 6.08 Å². The van der Waals surface area contributed by atoms with Crippen LogP contribution >= 0.6 is 11.8 Å². The fourth-order valence-electron chi connectivity index (χ4n) is 1.88. The standard InChI is InChI=1S/C14H12F3NO2S/c1-8(2)18-12(19)11(21-13(18)20)7-9-4-3-5-10(6-9)14(15,16)17/h3-8H,1-2H3/b11-7+. The summed E-state index contributed by atoms with van der Waals surface area (Å²) in [5.74, 6) is -0.475. The van der Waals surface area contributed by atoms with E-state index in [9.17, 15) is 22.8 Å². The van der Waals surface area contributed by atoms with Crippen LogP contribution in [0.4, 0.5) is 18.0 Å². The number of hydrogen-bond donors (Lipinski definition) is 0. The molecule has 1 heterocycles. The molecule has 0 aromatic heterocycles. The Balaban J connectivity index is 2.33. The molecule has 1 aliphatic heterocycles. The Labute approximate surface area is 123 Å². The van der Waals surface area contributed by atoms with Crippen molar-refractivity contribution in [1.82, 2.24) is 4.90 Å². The Bertz CT molecular complexity index is 623. The van der Waals surface area contributed by atoms with Crippen molar-refractivity contribution >= 4 is 29.0 Å². The third-order valence-electron chi connectivity index (χ3n) is 2.85. The lowest BCUT2D eigenvalue weighted by Crippen LogP contribution is -2.34. The first-order valence-electron chi connectivity index (χ1n) is 6.14. The van der Waals surface area contributed by atoms with E-state index < -0.39 is 22.9 Å². The van der Waals surface area contributed by atoms with Gasteiger partial charge in [0.25, 0.3) is 11.1 Å². The molecule has 7 heteroatoms. The van der Waals surface area contributed by atoms with E-state index >= 15 is 0 Å². The third kappa shape index (κ3) is 3.29. The van der Waals surface area contributed by atoms with Gasteiger partial charge in [0, 0.05) is 6.04 Å². The fraction of sp³-hybridized carbons (Fsp3) is 0.286. The minimum absolute atomic E-state index is 0.132. The molecule has 0 radical (unpaired) electrons. The summed E-state index contributed by atoms with van der Waals surface area (Å²) in [6, 6.07) is 4.34. The molecular formula is C14H12F3NO2S. The van der Waals surface area contributed by atoms with Crippen LogP contribution in [-0.2, 0) is 11.0 Å². The van der Waals surface area contributed by atoms with Gasteiger partial charge in [-0.15, -0.1) is 0 Å². The van der Waals surface area contributed by atoms with E-state index in [-0.39, 0.29) is 16.5 Å². The number of halogens is 3. The first-order chi connectivity index (χ1) is 9.70. The van der Waals surface area contributed by atoms with Gasteiger partial charge in [-0.1, -0.05) is 12.1 Å². The van der Waals surface area contributed by atoms with Crippen molar-refractivity contribution in [1.29, 1.82) is 0 Å². The molecule has 1 saturated heterocycles. The van der Waals surface area contributed by atoms with E-state index in [1.807, 2.05) is 0 Å². The lowest BCUT2D eigenvalue weighted by Gasteiger charge is -2.16. The van der Waals surface area contributed by atoms with Crippen LogP contribution in [0.2, 0.25) is 0 Å². The number of hydrogen-bond acceptors (Lipinski definition) is 3. The first kappa shape index (κ1) is 15.6. The predicted octanol–water partition coefficient (Wildman–Crippen LogP) is 4.15. The number of carbonyl (C=O) groups excluding carboxylic acids is 2. The summed E-state index contributed by atoms with van der Waals surface area (Å²) in [5, 5.41) is -0.409. The normalized spacial score (nSPS) is 18.2. The number of rotatable bonds is 2. The van der Waals surface area contributed by atoms with Crippen molar-refractivity contribution in [2.75, 3.05) is 0 Å². The van der Waals surface area contributed by atoms with Gasteiger partial charge in [-0.25, -0.2) is 0 Å². The molecule has 0 N–H and O–H groups in total. The van der Waals surface area contributed by atoms with Crippen LogP contribution in [0.3, 0.4) is 0 Å². The van der Waals surface area contributed by atoms with Gasteiger partial charge in [-0.2, -0.15) is 13.2 Å². The monoisotopic (exact) mass is 315 g/mol. The lowest BCUT2D eigenvalue weighted by atomic mass is 10.1. The number of imide groups is 1. The number of alkyl halides is 3. The fourth-order valence-corrected chi connectivity index (χ4v) is 2.84. The smallest absolute Gasteiger partial charge is 0.268 e. The molecule has 1 fully saturated rings. The molecule has 1 aliphatic rings. The zero-order chi connectivity index (χ0) is 15.8. The number of carbonyl (C=O) groups is 2. The molecule has 1 aromatic carbocycles. The summed E-state index contributed by atoms with van der Waals surface area (Å²) in [6.45, 7) is 3.40. The maximum absolute atomic E-state index is 12.6. The van der Waals surface area contributed by atoms with Gasteiger partial charge >= 0.3 is 6.18 Å². The number of benzene rings is 1. The lowest BCUT2D eigenvalue weighted by molar-refractivity contribution is -0.137. The van der Waals surface area contributed by atoms with Gasteiger partial charge in [0.05, 0.1) is 10.5 Å². The summed E-state index contributed by atoms with van der Waals surface area (Å²) < 4.78 is 37.9. The van der Waals surface area contributed by atoms with Gasteiger partial charge < -0.3 is 0 Å². The van der Waals surface area contributed by atoms with E-state index in [1.165, 1.54) is 18.2 Å². The highest BCUT2D eigenvalue weighted by Gasteiger charge is 2.36. The number of thioether (sulfide) groups is 1.